The molecule has 1 aliphatic heterocycles. The fraction of sp³-hybridized carbons (Fsp3) is 0.438. The largest absolute Gasteiger partial charge is 0.488 e. The van der Waals surface area contributed by atoms with Crippen molar-refractivity contribution < 1.29 is 4.74 Å². The summed E-state index contributed by atoms with van der Waals surface area (Å²) in [4.78, 5) is 5.95. The molecule has 1 aromatic carbocycles. The van der Waals surface area contributed by atoms with Crippen molar-refractivity contribution in [3.63, 3.8) is 0 Å². The first-order valence-corrected chi connectivity index (χ1v) is 7.83. The van der Waals surface area contributed by atoms with E-state index in [1.165, 1.54) is 15.4 Å². The van der Waals surface area contributed by atoms with E-state index in [1.54, 1.807) is 11.3 Å². The van der Waals surface area contributed by atoms with E-state index in [0.29, 0.717) is 6.04 Å². The van der Waals surface area contributed by atoms with Gasteiger partial charge < -0.3 is 10.1 Å². The molecular weight excluding hydrogens is 268 g/mol. The maximum absolute atomic E-state index is 6.08. The van der Waals surface area contributed by atoms with E-state index in [-0.39, 0.29) is 6.10 Å². The third kappa shape index (κ3) is 2.58. The van der Waals surface area contributed by atoms with Crippen molar-refractivity contribution in [2.24, 2.45) is 0 Å². The van der Waals surface area contributed by atoms with Crippen molar-refractivity contribution in [2.75, 3.05) is 7.05 Å². The quantitative estimate of drug-likeness (QED) is 0.939. The highest BCUT2D eigenvalue weighted by Gasteiger charge is 2.30. The zero-order chi connectivity index (χ0) is 14.1. The van der Waals surface area contributed by atoms with Gasteiger partial charge in [-0.25, -0.2) is 4.98 Å². The van der Waals surface area contributed by atoms with E-state index in [1.807, 2.05) is 13.1 Å². The summed E-state index contributed by atoms with van der Waals surface area (Å²) >= 11 is 1.79. The molecule has 1 aromatic heterocycles. The number of likely N-dealkylation sites (N-methyl/N-ethyl adjacent to an activating group) is 1. The third-order valence-electron chi connectivity index (χ3n) is 3.96. The smallest absolute Gasteiger partial charge is 0.123 e. The van der Waals surface area contributed by atoms with Crippen molar-refractivity contribution in [3.8, 4) is 5.75 Å². The Balaban J connectivity index is 1.72. The number of hydrogen-bond donors (Lipinski definition) is 1. The summed E-state index contributed by atoms with van der Waals surface area (Å²) in [6.45, 7) is 4.21. The standard InChI is InChI=1S/C16H20N2OS/c1-10-11(2)20-16(18-10)9-13(17-3)15-8-12-6-4-5-7-14(12)19-15/h4-7,13,15,17H,8-9H2,1-3H3. The van der Waals surface area contributed by atoms with Gasteiger partial charge in [0.15, 0.2) is 0 Å². The molecule has 2 heterocycles. The number of para-hydroxylation sites is 1. The molecular formula is C16H20N2OS. The van der Waals surface area contributed by atoms with Crippen LogP contribution in [0.15, 0.2) is 24.3 Å². The molecule has 0 bridgehead atoms. The summed E-state index contributed by atoms with van der Waals surface area (Å²) in [5, 5.41) is 4.59. The van der Waals surface area contributed by atoms with Crippen LogP contribution in [0.4, 0.5) is 0 Å². The molecule has 0 saturated carbocycles. The van der Waals surface area contributed by atoms with Crippen LogP contribution in [-0.4, -0.2) is 24.2 Å². The van der Waals surface area contributed by atoms with Crippen LogP contribution in [0.3, 0.4) is 0 Å². The van der Waals surface area contributed by atoms with E-state index < -0.39 is 0 Å². The number of nitrogens with zero attached hydrogens (tertiary/aromatic N) is 1. The van der Waals surface area contributed by atoms with Gasteiger partial charge in [-0.05, 0) is 32.5 Å². The van der Waals surface area contributed by atoms with Crippen molar-refractivity contribution in [3.05, 3.63) is 45.4 Å². The Morgan fingerprint density at radius 3 is 2.85 bits per heavy atom. The SMILES string of the molecule is CNC(Cc1nc(C)c(C)s1)C1Cc2ccccc2O1. The summed E-state index contributed by atoms with van der Waals surface area (Å²) < 4.78 is 6.08. The molecule has 0 fully saturated rings. The van der Waals surface area contributed by atoms with Gasteiger partial charge in [-0.3, -0.25) is 0 Å². The molecule has 0 saturated heterocycles. The Morgan fingerprint density at radius 2 is 2.20 bits per heavy atom. The first-order chi connectivity index (χ1) is 9.67. The normalized spacial score (nSPS) is 18.6. The van der Waals surface area contributed by atoms with Crippen LogP contribution >= 0.6 is 11.3 Å². The lowest BCUT2D eigenvalue weighted by Crippen LogP contribution is -2.42. The van der Waals surface area contributed by atoms with Crippen LogP contribution in [0.5, 0.6) is 5.75 Å². The first kappa shape index (κ1) is 13.6. The molecule has 3 nitrogen and oxygen atoms in total. The summed E-state index contributed by atoms with van der Waals surface area (Å²) in [6.07, 6.45) is 2.10. The van der Waals surface area contributed by atoms with Crippen molar-refractivity contribution in [1.82, 2.24) is 10.3 Å². The third-order valence-corrected chi connectivity index (χ3v) is 5.05. The molecule has 2 atom stereocenters. The molecule has 3 rings (SSSR count). The lowest BCUT2D eigenvalue weighted by atomic mass is 10.0. The van der Waals surface area contributed by atoms with Crippen molar-refractivity contribution in [2.45, 2.75) is 38.8 Å². The molecule has 0 spiro atoms. The minimum absolute atomic E-state index is 0.196. The van der Waals surface area contributed by atoms with Gasteiger partial charge in [-0.2, -0.15) is 0 Å². The summed E-state index contributed by atoms with van der Waals surface area (Å²) in [7, 11) is 2.00. The Labute approximate surface area is 124 Å². The fourth-order valence-corrected chi connectivity index (χ4v) is 3.66. The summed E-state index contributed by atoms with van der Waals surface area (Å²) in [5.41, 5.74) is 2.46. The zero-order valence-electron chi connectivity index (χ0n) is 12.1. The molecule has 0 aliphatic carbocycles. The topological polar surface area (TPSA) is 34.2 Å². The molecule has 20 heavy (non-hydrogen) atoms. The van der Waals surface area contributed by atoms with Crippen LogP contribution in [0, 0.1) is 13.8 Å². The van der Waals surface area contributed by atoms with Crippen LogP contribution in [0.2, 0.25) is 0 Å². The predicted octanol–water partition coefficient (Wildman–Crippen LogP) is 2.89. The minimum atomic E-state index is 0.196. The average molecular weight is 288 g/mol. The molecule has 2 unspecified atom stereocenters. The van der Waals surface area contributed by atoms with Gasteiger partial charge in [-0.15, -0.1) is 11.3 Å². The van der Waals surface area contributed by atoms with E-state index in [2.05, 4.69) is 42.3 Å². The van der Waals surface area contributed by atoms with Crippen LogP contribution in [-0.2, 0) is 12.8 Å². The maximum atomic E-state index is 6.08. The average Bonchev–Trinajstić information content (AvgIpc) is 3.00. The first-order valence-electron chi connectivity index (χ1n) is 7.02. The Bertz CT molecular complexity index is 564. The van der Waals surface area contributed by atoms with Crippen molar-refractivity contribution >= 4 is 11.3 Å². The number of thiazole rings is 1. The summed E-state index contributed by atoms with van der Waals surface area (Å²) in [5.74, 6) is 1.03. The van der Waals surface area contributed by atoms with Crippen molar-refractivity contribution in [1.29, 1.82) is 0 Å². The van der Waals surface area contributed by atoms with E-state index in [0.717, 1.165) is 24.3 Å². The number of nitrogens with one attached hydrogen (secondary N) is 1. The van der Waals surface area contributed by atoms with Gasteiger partial charge >= 0.3 is 0 Å². The highest BCUT2D eigenvalue weighted by atomic mass is 32.1. The highest BCUT2D eigenvalue weighted by molar-refractivity contribution is 7.11. The lowest BCUT2D eigenvalue weighted by Gasteiger charge is -2.21. The maximum Gasteiger partial charge on any atom is 0.123 e. The number of hydrogen-bond acceptors (Lipinski definition) is 4. The predicted molar refractivity (Wildman–Crippen MR) is 82.7 cm³/mol. The van der Waals surface area contributed by atoms with Gasteiger partial charge in [0.05, 0.1) is 16.7 Å². The molecule has 0 radical (unpaired) electrons. The number of aromatic nitrogens is 1. The lowest BCUT2D eigenvalue weighted by molar-refractivity contribution is 0.182. The van der Waals surface area contributed by atoms with Gasteiger partial charge in [-0.1, -0.05) is 18.2 Å². The van der Waals surface area contributed by atoms with E-state index in [9.17, 15) is 0 Å². The van der Waals surface area contributed by atoms with E-state index >= 15 is 0 Å². The molecule has 106 valence electrons. The zero-order valence-corrected chi connectivity index (χ0v) is 13.0. The highest BCUT2D eigenvalue weighted by Crippen LogP contribution is 2.30. The number of benzene rings is 1. The molecule has 1 N–H and O–H groups in total. The second kappa shape index (κ2) is 5.54. The minimum Gasteiger partial charge on any atom is -0.488 e. The Hall–Kier alpha value is -1.39. The Kier molecular flexibility index (Phi) is 3.76. The second-order valence-electron chi connectivity index (χ2n) is 5.32. The Morgan fingerprint density at radius 1 is 1.40 bits per heavy atom. The number of fused-ring (bicyclic) bond motifs is 1. The van der Waals surface area contributed by atoms with Gasteiger partial charge in [0.2, 0.25) is 0 Å². The number of rotatable bonds is 4. The molecule has 4 heteroatoms. The number of aryl methyl sites for hydroxylation is 2. The van der Waals surface area contributed by atoms with Crippen LogP contribution in [0.25, 0.3) is 0 Å². The molecule has 2 aromatic rings. The van der Waals surface area contributed by atoms with Gasteiger partial charge in [0.25, 0.3) is 0 Å². The molecule has 0 amide bonds. The van der Waals surface area contributed by atoms with Crippen LogP contribution in [0.1, 0.15) is 21.1 Å². The second-order valence-corrected chi connectivity index (χ2v) is 6.60. The van der Waals surface area contributed by atoms with Gasteiger partial charge in [0, 0.05) is 17.7 Å². The number of ether oxygens (including phenoxy) is 1. The molecule has 1 aliphatic rings. The van der Waals surface area contributed by atoms with Crippen LogP contribution < -0.4 is 10.1 Å². The van der Waals surface area contributed by atoms with E-state index in [4.69, 9.17) is 4.74 Å². The summed E-state index contributed by atoms with van der Waals surface area (Å²) in [6, 6.07) is 8.61. The fourth-order valence-electron chi connectivity index (χ4n) is 2.67. The monoisotopic (exact) mass is 288 g/mol. The van der Waals surface area contributed by atoms with Gasteiger partial charge in [0.1, 0.15) is 11.9 Å².